The van der Waals surface area contributed by atoms with Gasteiger partial charge in [-0.3, -0.25) is 10.2 Å². The molecule has 2 aromatic heterocycles. The molecule has 2 heterocycles. The maximum Gasteiger partial charge on any atom is 0.216 e. The van der Waals surface area contributed by atoms with Gasteiger partial charge in [0.1, 0.15) is 6.33 Å². The monoisotopic (exact) mass is 194 g/mol. The van der Waals surface area contributed by atoms with Gasteiger partial charge in [0.15, 0.2) is 0 Å². The molecule has 0 saturated carbocycles. The highest BCUT2D eigenvalue weighted by Crippen LogP contribution is 1.89. The molecule has 0 aliphatic rings. The highest BCUT2D eigenvalue weighted by atomic mass is 32.1. The van der Waals surface area contributed by atoms with Gasteiger partial charge in [-0.15, -0.1) is 0 Å². The number of nitrogens with one attached hydrogen (secondary N) is 2. The molecule has 0 fully saturated rings. The molecule has 7 heteroatoms. The molecule has 2 N–H and O–H groups in total. The fourth-order valence-corrected chi connectivity index (χ4v) is 0.935. The van der Waals surface area contributed by atoms with E-state index >= 15 is 0 Å². The predicted molar refractivity (Wildman–Crippen MR) is 49.0 cm³/mol. The van der Waals surface area contributed by atoms with Crippen LogP contribution in [0.3, 0.4) is 0 Å². The molecule has 0 aromatic carbocycles. The Kier molecular flexibility index (Phi) is 2.01. The van der Waals surface area contributed by atoms with Crippen LogP contribution >= 0.6 is 12.2 Å². The summed E-state index contributed by atoms with van der Waals surface area (Å²) in [5.41, 5.74) is 0.808. The Morgan fingerprint density at radius 2 is 2.38 bits per heavy atom. The summed E-state index contributed by atoms with van der Waals surface area (Å²) in [6.45, 7) is 0. The van der Waals surface area contributed by atoms with E-state index in [0.717, 1.165) is 5.69 Å². The lowest BCUT2D eigenvalue weighted by atomic mass is 10.5. The van der Waals surface area contributed by atoms with Crippen LogP contribution in [0, 0.1) is 4.77 Å². The van der Waals surface area contributed by atoms with Gasteiger partial charge in [-0.1, -0.05) is 0 Å². The van der Waals surface area contributed by atoms with Gasteiger partial charge in [-0.2, -0.15) is 20.0 Å². The van der Waals surface area contributed by atoms with Crippen LogP contribution in [0.1, 0.15) is 5.69 Å². The molecule has 2 aromatic rings. The van der Waals surface area contributed by atoms with Crippen LogP contribution in [0.5, 0.6) is 0 Å². The molecular formula is C6H6N6S. The topological polar surface area (TPSA) is 74.7 Å². The molecule has 66 valence electrons. The van der Waals surface area contributed by atoms with Crippen molar-refractivity contribution in [3.8, 4) is 0 Å². The van der Waals surface area contributed by atoms with Crippen molar-refractivity contribution in [3.63, 3.8) is 0 Å². The Morgan fingerprint density at radius 3 is 3.00 bits per heavy atom. The SMILES string of the molecule is S=c1[nH]ncn1/N=C/c1ccn[nH]1. The summed E-state index contributed by atoms with van der Waals surface area (Å²) in [7, 11) is 0. The van der Waals surface area contributed by atoms with E-state index in [0.29, 0.717) is 4.77 Å². The smallest absolute Gasteiger partial charge is 0.216 e. The van der Waals surface area contributed by atoms with E-state index in [1.807, 2.05) is 0 Å². The Morgan fingerprint density at radius 1 is 1.46 bits per heavy atom. The molecule has 6 nitrogen and oxygen atoms in total. The number of hydrogen-bond acceptors (Lipinski definition) is 4. The Hall–Kier alpha value is -1.76. The van der Waals surface area contributed by atoms with Gasteiger partial charge in [0.05, 0.1) is 11.9 Å². The molecule has 0 bridgehead atoms. The second kappa shape index (κ2) is 3.31. The highest BCUT2D eigenvalue weighted by molar-refractivity contribution is 7.71. The molecule has 13 heavy (non-hydrogen) atoms. The van der Waals surface area contributed by atoms with E-state index in [1.165, 1.54) is 11.0 Å². The lowest BCUT2D eigenvalue weighted by Crippen LogP contribution is -1.89. The summed E-state index contributed by atoms with van der Waals surface area (Å²) in [5, 5.41) is 16.8. The molecule has 0 radical (unpaired) electrons. The normalized spacial score (nSPS) is 11.1. The fraction of sp³-hybridized carbons (Fsp3) is 0. The summed E-state index contributed by atoms with van der Waals surface area (Å²) in [6.07, 6.45) is 4.75. The van der Waals surface area contributed by atoms with Crippen molar-refractivity contribution in [1.82, 2.24) is 25.1 Å². The second-order valence-corrected chi connectivity index (χ2v) is 2.65. The van der Waals surface area contributed by atoms with Crippen molar-refractivity contribution < 1.29 is 0 Å². The Bertz CT molecular complexity index is 449. The van der Waals surface area contributed by atoms with Gasteiger partial charge < -0.3 is 0 Å². The van der Waals surface area contributed by atoms with Crippen LogP contribution in [-0.4, -0.2) is 31.3 Å². The summed E-state index contributed by atoms with van der Waals surface area (Å²) in [6, 6.07) is 1.80. The van der Waals surface area contributed by atoms with Gasteiger partial charge in [0, 0.05) is 6.20 Å². The van der Waals surface area contributed by atoms with Crippen molar-refractivity contribution in [2.75, 3.05) is 0 Å². The Labute approximate surface area is 78.3 Å². The summed E-state index contributed by atoms with van der Waals surface area (Å²) < 4.78 is 1.91. The first-order chi connectivity index (χ1) is 6.36. The number of aromatic amines is 2. The molecule has 0 spiro atoms. The molecule has 0 aliphatic heterocycles. The molecule has 0 atom stereocenters. The van der Waals surface area contributed by atoms with Gasteiger partial charge in [0.25, 0.3) is 0 Å². The number of hydrogen-bond donors (Lipinski definition) is 2. The maximum atomic E-state index is 4.89. The number of rotatable bonds is 2. The third-order valence-corrected chi connectivity index (χ3v) is 1.66. The average Bonchev–Trinajstić information content (AvgIpc) is 2.72. The average molecular weight is 194 g/mol. The minimum Gasteiger partial charge on any atom is -0.277 e. The highest BCUT2D eigenvalue weighted by Gasteiger charge is 1.89. The van der Waals surface area contributed by atoms with Gasteiger partial charge in [-0.25, -0.2) is 0 Å². The maximum absolute atomic E-state index is 4.89. The first-order valence-electron chi connectivity index (χ1n) is 3.52. The van der Waals surface area contributed by atoms with Gasteiger partial charge in [0.2, 0.25) is 4.77 Å². The molecule has 0 aliphatic carbocycles. The number of H-pyrrole nitrogens is 2. The predicted octanol–water partition coefficient (Wildman–Crippen LogP) is 0.546. The lowest BCUT2D eigenvalue weighted by Gasteiger charge is -1.86. The van der Waals surface area contributed by atoms with Crippen molar-refractivity contribution >= 4 is 18.4 Å². The van der Waals surface area contributed by atoms with Gasteiger partial charge >= 0.3 is 0 Å². The first kappa shape index (κ1) is 7.87. The summed E-state index contributed by atoms with van der Waals surface area (Å²) >= 11 is 4.89. The van der Waals surface area contributed by atoms with Crippen LogP contribution in [0.4, 0.5) is 0 Å². The van der Waals surface area contributed by atoms with Crippen LogP contribution in [0.2, 0.25) is 0 Å². The van der Waals surface area contributed by atoms with Crippen LogP contribution < -0.4 is 0 Å². The Balaban J connectivity index is 2.24. The molecule has 0 amide bonds. The zero-order chi connectivity index (χ0) is 9.10. The van der Waals surface area contributed by atoms with E-state index in [2.05, 4.69) is 25.5 Å². The molecule has 2 rings (SSSR count). The minimum absolute atomic E-state index is 0.454. The third-order valence-electron chi connectivity index (χ3n) is 1.38. The fourth-order valence-electron chi connectivity index (χ4n) is 0.788. The molecule has 0 saturated heterocycles. The molecule has 0 unspecified atom stereocenters. The van der Waals surface area contributed by atoms with Crippen molar-refractivity contribution in [2.45, 2.75) is 0 Å². The standard InChI is InChI=1S/C6H6N6S/c13-6-11-8-4-12(6)9-3-5-1-2-7-10-5/h1-4H,(H,7,10)(H,11,13)/b9-3+. The second-order valence-electron chi connectivity index (χ2n) is 2.26. The minimum atomic E-state index is 0.454. The van der Waals surface area contributed by atoms with Crippen molar-refractivity contribution in [1.29, 1.82) is 0 Å². The van der Waals surface area contributed by atoms with Crippen LogP contribution in [0.15, 0.2) is 23.7 Å². The zero-order valence-corrected chi connectivity index (χ0v) is 7.32. The zero-order valence-electron chi connectivity index (χ0n) is 6.51. The van der Waals surface area contributed by atoms with Crippen LogP contribution in [0.25, 0.3) is 0 Å². The third kappa shape index (κ3) is 1.70. The summed E-state index contributed by atoms with van der Waals surface area (Å²) in [5.74, 6) is 0. The van der Waals surface area contributed by atoms with Crippen LogP contribution in [-0.2, 0) is 0 Å². The van der Waals surface area contributed by atoms with Crippen molar-refractivity contribution in [3.05, 3.63) is 29.1 Å². The number of aromatic nitrogens is 5. The largest absolute Gasteiger partial charge is 0.277 e. The summed E-state index contributed by atoms with van der Waals surface area (Å²) in [4.78, 5) is 0. The number of nitrogens with zero attached hydrogens (tertiary/aromatic N) is 4. The van der Waals surface area contributed by atoms with E-state index in [-0.39, 0.29) is 0 Å². The van der Waals surface area contributed by atoms with Gasteiger partial charge in [-0.05, 0) is 18.3 Å². The van der Waals surface area contributed by atoms with E-state index in [4.69, 9.17) is 12.2 Å². The lowest BCUT2D eigenvalue weighted by molar-refractivity contribution is 0.861. The molecular weight excluding hydrogens is 188 g/mol. The van der Waals surface area contributed by atoms with E-state index in [9.17, 15) is 0 Å². The van der Waals surface area contributed by atoms with Crippen molar-refractivity contribution in [2.24, 2.45) is 5.10 Å². The first-order valence-corrected chi connectivity index (χ1v) is 3.93. The van der Waals surface area contributed by atoms with E-state index in [1.54, 1.807) is 18.5 Å². The quantitative estimate of drug-likeness (QED) is 0.541. The van der Waals surface area contributed by atoms with E-state index < -0.39 is 0 Å².